The minimum Gasteiger partial charge on any atom is -0.480 e. The molecule has 92 valence electrons. The Balaban J connectivity index is 2.26. The highest BCUT2D eigenvalue weighted by Crippen LogP contribution is 2.21. The van der Waals surface area contributed by atoms with Crippen LogP contribution in [0.15, 0.2) is 29.2 Å². The summed E-state index contributed by atoms with van der Waals surface area (Å²) in [5, 5.41) is 10.6. The first-order valence-electron chi connectivity index (χ1n) is 4.95. The fourth-order valence-corrected chi connectivity index (χ4v) is 1.97. The summed E-state index contributed by atoms with van der Waals surface area (Å²) in [6.07, 6.45) is 0.159. The quantitative estimate of drug-likeness (QED) is 0.758. The van der Waals surface area contributed by atoms with Gasteiger partial charge in [-0.2, -0.15) is 0 Å². The zero-order valence-electron chi connectivity index (χ0n) is 8.98. The van der Waals surface area contributed by atoms with Gasteiger partial charge in [0, 0.05) is 17.1 Å². The van der Waals surface area contributed by atoms with E-state index in [0.717, 1.165) is 0 Å². The lowest BCUT2D eigenvalue weighted by Crippen LogP contribution is -2.29. The van der Waals surface area contributed by atoms with E-state index in [1.807, 2.05) is 0 Å². The Bertz CT molecular complexity index is 411. The molecule has 17 heavy (non-hydrogen) atoms. The van der Waals surface area contributed by atoms with Crippen LogP contribution in [0, 0.1) is 5.82 Å². The van der Waals surface area contributed by atoms with Gasteiger partial charge < -0.3 is 10.4 Å². The first-order valence-corrected chi connectivity index (χ1v) is 5.94. The van der Waals surface area contributed by atoms with E-state index >= 15 is 0 Å². The van der Waals surface area contributed by atoms with Gasteiger partial charge in [-0.15, -0.1) is 11.8 Å². The molecule has 0 bridgehead atoms. The largest absolute Gasteiger partial charge is 0.480 e. The lowest BCUT2D eigenvalue weighted by atomic mass is 10.3. The van der Waals surface area contributed by atoms with Crippen LogP contribution in [0.5, 0.6) is 0 Å². The summed E-state index contributed by atoms with van der Waals surface area (Å²) in [5.41, 5.74) is 0. The number of nitrogens with one attached hydrogen (secondary N) is 1. The first kappa shape index (κ1) is 13.5. The van der Waals surface area contributed by atoms with Gasteiger partial charge in [-0.1, -0.05) is 12.1 Å². The summed E-state index contributed by atoms with van der Waals surface area (Å²) < 4.78 is 13.2. The lowest BCUT2D eigenvalue weighted by molar-refractivity contribution is -0.137. The van der Waals surface area contributed by atoms with Gasteiger partial charge in [0.1, 0.15) is 12.4 Å². The fourth-order valence-electron chi connectivity index (χ4n) is 1.08. The van der Waals surface area contributed by atoms with Crippen molar-refractivity contribution < 1.29 is 19.1 Å². The van der Waals surface area contributed by atoms with Crippen molar-refractivity contribution in [2.75, 3.05) is 12.3 Å². The van der Waals surface area contributed by atoms with Crippen molar-refractivity contribution in [3.8, 4) is 0 Å². The highest BCUT2D eigenvalue weighted by Gasteiger charge is 2.05. The van der Waals surface area contributed by atoms with Gasteiger partial charge in [0.05, 0.1) is 0 Å². The normalized spacial score (nSPS) is 9.94. The molecule has 0 radical (unpaired) electrons. The molecule has 6 heteroatoms. The predicted molar refractivity (Wildman–Crippen MR) is 62.4 cm³/mol. The van der Waals surface area contributed by atoms with Crippen molar-refractivity contribution in [2.45, 2.75) is 11.3 Å². The van der Waals surface area contributed by atoms with Gasteiger partial charge in [-0.3, -0.25) is 9.59 Å². The van der Waals surface area contributed by atoms with Gasteiger partial charge in [0.15, 0.2) is 0 Å². The molecule has 1 aromatic rings. The Hall–Kier alpha value is -1.56. The summed E-state index contributed by atoms with van der Waals surface area (Å²) in [7, 11) is 0. The molecular formula is C11H12FNO3S. The molecule has 0 atom stereocenters. The van der Waals surface area contributed by atoms with E-state index in [1.165, 1.54) is 17.8 Å². The van der Waals surface area contributed by atoms with E-state index in [2.05, 4.69) is 5.32 Å². The fraction of sp³-hybridized carbons (Fsp3) is 0.273. The number of rotatable bonds is 6. The number of amides is 1. The van der Waals surface area contributed by atoms with Crippen LogP contribution in [-0.2, 0) is 9.59 Å². The average Bonchev–Trinajstić information content (AvgIpc) is 2.29. The minimum atomic E-state index is -1.08. The Morgan fingerprint density at radius 2 is 2.06 bits per heavy atom. The number of carbonyl (C=O) groups excluding carboxylic acids is 1. The molecule has 0 aliphatic carbocycles. The Morgan fingerprint density at radius 3 is 2.71 bits per heavy atom. The van der Waals surface area contributed by atoms with Crippen molar-refractivity contribution in [3.63, 3.8) is 0 Å². The van der Waals surface area contributed by atoms with Gasteiger partial charge in [0.2, 0.25) is 5.91 Å². The van der Waals surface area contributed by atoms with E-state index in [9.17, 15) is 14.0 Å². The topological polar surface area (TPSA) is 66.4 Å². The van der Waals surface area contributed by atoms with E-state index in [0.29, 0.717) is 10.6 Å². The number of carboxylic acids is 1. The maximum absolute atomic E-state index is 13.2. The third kappa shape index (κ3) is 5.35. The van der Waals surface area contributed by atoms with Crippen molar-refractivity contribution in [1.82, 2.24) is 5.32 Å². The number of carbonyl (C=O) groups is 2. The van der Waals surface area contributed by atoms with Crippen LogP contribution in [0.25, 0.3) is 0 Å². The Labute approximate surface area is 102 Å². The number of aliphatic carboxylic acids is 1. The molecule has 4 nitrogen and oxygen atoms in total. The zero-order valence-corrected chi connectivity index (χ0v) is 9.80. The van der Waals surface area contributed by atoms with Crippen LogP contribution in [0.2, 0.25) is 0 Å². The summed E-state index contributed by atoms with van der Waals surface area (Å²) >= 11 is 1.23. The number of carboxylic acid groups (broad SMARTS) is 1. The molecule has 0 aromatic heterocycles. The van der Waals surface area contributed by atoms with Crippen molar-refractivity contribution >= 4 is 23.6 Å². The number of halogens is 1. The summed E-state index contributed by atoms with van der Waals surface area (Å²) in [4.78, 5) is 21.8. The molecule has 0 unspecified atom stereocenters. The molecular weight excluding hydrogens is 245 g/mol. The highest BCUT2D eigenvalue weighted by molar-refractivity contribution is 7.99. The van der Waals surface area contributed by atoms with Gasteiger partial charge in [0.25, 0.3) is 0 Å². The maximum Gasteiger partial charge on any atom is 0.322 e. The number of hydrogen-bond donors (Lipinski definition) is 2. The van der Waals surface area contributed by atoms with Crippen LogP contribution in [-0.4, -0.2) is 29.3 Å². The van der Waals surface area contributed by atoms with Crippen LogP contribution in [0.1, 0.15) is 6.42 Å². The molecule has 1 aromatic carbocycles. The first-order chi connectivity index (χ1) is 8.09. The molecule has 1 rings (SSSR count). The molecule has 0 heterocycles. The van der Waals surface area contributed by atoms with Crippen molar-refractivity contribution in [3.05, 3.63) is 30.1 Å². The second kappa shape index (κ2) is 6.90. The van der Waals surface area contributed by atoms with Crippen LogP contribution >= 0.6 is 11.8 Å². The SMILES string of the molecule is O=C(O)CNC(=O)CCSc1ccccc1F. The third-order valence-corrected chi connectivity index (χ3v) is 2.91. The van der Waals surface area contributed by atoms with Crippen molar-refractivity contribution in [1.29, 1.82) is 0 Å². The molecule has 0 aliphatic rings. The zero-order chi connectivity index (χ0) is 12.7. The molecule has 1 amide bonds. The second-order valence-electron chi connectivity index (χ2n) is 3.20. The van der Waals surface area contributed by atoms with Crippen LogP contribution in [0.4, 0.5) is 4.39 Å². The molecule has 0 fully saturated rings. The molecule has 0 aliphatic heterocycles. The number of benzene rings is 1. The van der Waals surface area contributed by atoms with E-state index in [4.69, 9.17) is 5.11 Å². The van der Waals surface area contributed by atoms with Gasteiger partial charge in [-0.05, 0) is 12.1 Å². The van der Waals surface area contributed by atoms with Gasteiger partial charge >= 0.3 is 5.97 Å². The van der Waals surface area contributed by atoms with E-state index in [-0.39, 0.29) is 24.7 Å². The standard InChI is InChI=1S/C11H12FNO3S/c12-8-3-1-2-4-9(8)17-6-5-10(14)13-7-11(15)16/h1-4H,5-7H2,(H,13,14)(H,15,16). The lowest BCUT2D eigenvalue weighted by Gasteiger charge is -2.03. The number of thioether (sulfide) groups is 1. The maximum atomic E-state index is 13.2. The summed E-state index contributed by atoms with van der Waals surface area (Å²) in [6.45, 7) is -0.386. The third-order valence-electron chi connectivity index (χ3n) is 1.86. The van der Waals surface area contributed by atoms with Crippen LogP contribution in [0.3, 0.4) is 0 Å². The molecule has 0 saturated heterocycles. The predicted octanol–water partition coefficient (Wildman–Crippen LogP) is 1.51. The smallest absolute Gasteiger partial charge is 0.322 e. The molecule has 0 saturated carbocycles. The summed E-state index contributed by atoms with van der Waals surface area (Å²) in [6, 6.07) is 6.30. The Kier molecular flexibility index (Phi) is 5.48. The number of hydrogen-bond acceptors (Lipinski definition) is 3. The molecule has 2 N–H and O–H groups in total. The second-order valence-corrected chi connectivity index (χ2v) is 4.34. The highest BCUT2D eigenvalue weighted by atomic mass is 32.2. The monoisotopic (exact) mass is 257 g/mol. The van der Waals surface area contributed by atoms with Crippen LogP contribution < -0.4 is 5.32 Å². The van der Waals surface area contributed by atoms with E-state index in [1.54, 1.807) is 18.2 Å². The average molecular weight is 257 g/mol. The minimum absolute atomic E-state index is 0.159. The van der Waals surface area contributed by atoms with E-state index < -0.39 is 5.97 Å². The summed E-state index contributed by atoms with van der Waals surface area (Å²) in [5.74, 6) is -1.34. The molecule has 0 spiro atoms. The van der Waals surface area contributed by atoms with Gasteiger partial charge in [-0.25, -0.2) is 4.39 Å². The van der Waals surface area contributed by atoms with Crippen molar-refractivity contribution in [2.24, 2.45) is 0 Å². The Morgan fingerprint density at radius 1 is 1.35 bits per heavy atom.